The van der Waals surface area contributed by atoms with Crippen molar-refractivity contribution in [3.8, 4) is 0 Å². The molecule has 0 aliphatic rings. The molecular formula is C8H20I2O2Ti. The van der Waals surface area contributed by atoms with Crippen molar-refractivity contribution in [1.82, 2.24) is 0 Å². The summed E-state index contributed by atoms with van der Waals surface area (Å²) in [6.07, 6.45) is 4.08. The Balaban J connectivity index is -0.000000120. The second-order valence-corrected chi connectivity index (χ2v) is 15.4. The third kappa shape index (κ3) is 55.5. The third-order valence-corrected chi connectivity index (χ3v) is 1.02. The molecule has 0 aliphatic heterocycles. The molecule has 0 amide bonds. The average molecular weight is 450 g/mol. The van der Waals surface area contributed by atoms with E-state index in [1.165, 1.54) is 0 Å². The molecule has 0 heterocycles. The summed E-state index contributed by atoms with van der Waals surface area (Å²) in [5.74, 6) is 0. The van der Waals surface area contributed by atoms with Gasteiger partial charge in [-0.15, -0.1) is 0 Å². The van der Waals surface area contributed by atoms with Gasteiger partial charge in [0.15, 0.2) is 0 Å². The van der Waals surface area contributed by atoms with E-state index in [9.17, 15) is 0 Å². The number of aliphatic hydroxyl groups is 2. The third-order valence-electron chi connectivity index (χ3n) is 1.02. The van der Waals surface area contributed by atoms with Crippen molar-refractivity contribution in [2.24, 2.45) is 0 Å². The quantitative estimate of drug-likeness (QED) is 0.510. The summed E-state index contributed by atoms with van der Waals surface area (Å²) in [7, 11) is 0. The Bertz CT molecular complexity index is 49.4. The van der Waals surface area contributed by atoms with Gasteiger partial charge in [-0.3, -0.25) is 0 Å². The SMILES string of the molecule is CCCCO.CCCCO.[I][Ti][I]. The van der Waals surface area contributed by atoms with Crippen LogP contribution in [0.5, 0.6) is 0 Å². The normalized spacial score (nSPS) is 7.54. The average Bonchev–Trinajstić information content (AvgIpc) is 2.09. The summed E-state index contributed by atoms with van der Waals surface area (Å²) in [5.41, 5.74) is 0. The summed E-state index contributed by atoms with van der Waals surface area (Å²) in [6, 6.07) is 0. The van der Waals surface area contributed by atoms with Crippen molar-refractivity contribution in [2.75, 3.05) is 13.2 Å². The van der Waals surface area contributed by atoms with E-state index in [-0.39, 0.29) is 0 Å². The molecule has 0 atom stereocenters. The molecule has 0 saturated heterocycles. The van der Waals surface area contributed by atoms with E-state index < -0.39 is 0 Å². The Morgan fingerprint density at radius 2 is 1.15 bits per heavy atom. The van der Waals surface area contributed by atoms with Crippen molar-refractivity contribution in [3.05, 3.63) is 0 Å². The Kier molecular flexibility index (Phi) is 46.1. The first-order valence-corrected chi connectivity index (χ1v) is 14.5. The predicted octanol–water partition coefficient (Wildman–Crippen LogP) is 3.33. The Labute approximate surface area is 112 Å². The molecule has 13 heavy (non-hydrogen) atoms. The first-order valence-electron chi connectivity index (χ1n) is 4.42. The van der Waals surface area contributed by atoms with Crippen LogP contribution in [0.3, 0.4) is 0 Å². The van der Waals surface area contributed by atoms with Crippen LogP contribution < -0.4 is 0 Å². The summed E-state index contributed by atoms with van der Waals surface area (Å²) < 4.78 is 0. The van der Waals surface area contributed by atoms with Crippen LogP contribution in [0.4, 0.5) is 0 Å². The summed E-state index contributed by atoms with van der Waals surface area (Å²) >= 11 is 5.24. The molecule has 82 valence electrons. The number of hydrogen-bond acceptors (Lipinski definition) is 2. The van der Waals surface area contributed by atoms with E-state index in [0.29, 0.717) is 24.9 Å². The van der Waals surface area contributed by atoms with Crippen molar-refractivity contribution in [2.45, 2.75) is 39.5 Å². The van der Waals surface area contributed by atoms with Gasteiger partial charge in [-0.1, -0.05) is 26.7 Å². The van der Waals surface area contributed by atoms with Crippen LogP contribution in [0.15, 0.2) is 0 Å². The fourth-order valence-corrected chi connectivity index (χ4v) is 0.316. The van der Waals surface area contributed by atoms with Crippen molar-refractivity contribution in [1.29, 1.82) is 0 Å². The maximum atomic E-state index is 8.07. The van der Waals surface area contributed by atoms with Gasteiger partial charge in [0.1, 0.15) is 0 Å². The molecule has 2 N–H and O–H groups in total. The molecule has 5 heteroatoms. The molecule has 0 aromatic rings. The molecule has 0 fully saturated rings. The van der Waals surface area contributed by atoms with E-state index in [4.69, 9.17) is 10.2 Å². The molecule has 0 saturated carbocycles. The van der Waals surface area contributed by atoms with Gasteiger partial charge in [-0.2, -0.15) is 0 Å². The standard InChI is InChI=1S/2C4H10O.2HI.Ti/c2*1-2-3-4-5;;;/h2*5H,2-4H2,1H3;2*1H;/q;;;;+2/p-2. The van der Waals surface area contributed by atoms with Gasteiger partial charge in [0, 0.05) is 13.2 Å². The van der Waals surface area contributed by atoms with E-state index in [0.717, 1.165) is 25.7 Å². The monoisotopic (exact) mass is 450 g/mol. The zero-order valence-electron chi connectivity index (χ0n) is 8.39. The Morgan fingerprint density at radius 3 is 1.15 bits per heavy atom. The maximum absolute atomic E-state index is 8.07. The van der Waals surface area contributed by atoms with Crippen molar-refractivity contribution < 1.29 is 21.9 Å². The van der Waals surface area contributed by atoms with Crippen molar-refractivity contribution in [3.63, 3.8) is 0 Å². The van der Waals surface area contributed by atoms with Crippen LogP contribution in [0, 0.1) is 0 Å². The minimum atomic E-state index is 0.344. The van der Waals surface area contributed by atoms with Crippen LogP contribution in [-0.2, 0) is 11.7 Å². The number of aliphatic hydroxyl groups excluding tert-OH is 2. The summed E-state index contributed by atoms with van der Waals surface area (Å²) in [5, 5.41) is 16.1. The molecule has 0 aromatic heterocycles. The van der Waals surface area contributed by atoms with Gasteiger partial charge in [0.05, 0.1) is 0 Å². The Hall–Kier alpha value is 2.09. The van der Waals surface area contributed by atoms with Gasteiger partial charge in [-0.25, -0.2) is 0 Å². The van der Waals surface area contributed by atoms with Crippen molar-refractivity contribution >= 4 is 38.4 Å². The van der Waals surface area contributed by atoms with E-state index in [1.54, 1.807) is 0 Å². The van der Waals surface area contributed by atoms with Gasteiger partial charge >= 0.3 is 50.0 Å². The topological polar surface area (TPSA) is 40.5 Å². The summed E-state index contributed by atoms with van der Waals surface area (Å²) in [6.45, 7) is 4.79. The van der Waals surface area contributed by atoms with E-state index in [2.05, 4.69) is 52.2 Å². The first kappa shape index (κ1) is 20.5. The Morgan fingerprint density at radius 1 is 0.923 bits per heavy atom. The van der Waals surface area contributed by atoms with Crippen LogP contribution in [-0.4, -0.2) is 23.4 Å². The molecule has 0 radical (unpaired) electrons. The molecule has 0 bridgehead atoms. The van der Waals surface area contributed by atoms with Gasteiger partial charge in [0.25, 0.3) is 0 Å². The van der Waals surface area contributed by atoms with Crippen LogP contribution in [0.2, 0.25) is 0 Å². The van der Waals surface area contributed by atoms with Gasteiger partial charge in [-0.05, 0) is 12.8 Å². The number of halogens is 2. The molecule has 0 spiro atoms. The zero-order chi connectivity index (χ0) is 10.9. The number of unbranched alkanes of at least 4 members (excludes halogenated alkanes) is 2. The first-order chi connectivity index (χ1) is 6.24. The molecular weight excluding hydrogens is 430 g/mol. The summed E-state index contributed by atoms with van der Waals surface area (Å²) in [4.78, 5) is 0. The number of hydrogen-bond donors (Lipinski definition) is 2. The van der Waals surface area contributed by atoms with Crippen LogP contribution in [0.25, 0.3) is 0 Å². The molecule has 0 aromatic carbocycles. The van der Waals surface area contributed by atoms with Gasteiger partial charge < -0.3 is 10.2 Å². The fraction of sp³-hybridized carbons (Fsp3) is 1.00. The zero-order valence-corrected chi connectivity index (χ0v) is 14.3. The second-order valence-electron chi connectivity index (χ2n) is 2.23. The van der Waals surface area contributed by atoms with Gasteiger partial charge in [0.2, 0.25) is 0 Å². The van der Waals surface area contributed by atoms with E-state index >= 15 is 0 Å². The molecule has 0 unspecified atom stereocenters. The van der Waals surface area contributed by atoms with Crippen LogP contribution >= 0.6 is 38.4 Å². The van der Waals surface area contributed by atoms with Crippen LogP contribution in [0.1, 0.15) is 39.5 Å². The second kappa shape index (κ2) is 29.2. The molecule has 0 aliphatic carbocycles. The minimum absolute atomic E-state index is 0.344. The number of rotatable bonds is 4. The van der Waals surface area contributed by atoms with E-state index in [1.807, 2.05) is 0 Å². The molecule has 0 rings (SSSR count). The predicted molar refractivity (Wildman–Crippen MR) is 72.0 cm³/mol. The fourth-order valence-electron chi connectivity index (χ4n) is 0.316. The molecule has 2 nitrogen and oxygen atoms in total.